The largest absolute Gasteiger partial charge is 0.521 e. The van der Waals surface area contributed by atoms with Crippen molar-refractivity contribution >= 4 is 16.9 Å². The summed E-state index contributed by atoms with van der Waals surface area (Å²) in [5.74, 6) is -0.457. The van der Waals surface area contributed by atoms with E-state index in [1.54, 1.807) is 17.6 Å². The maximum Gasteiger partial charge on any atom is 0.521 e. The Labute approximate surface area is 148 Å². The number of pyridine rings is 2. The van der Waals surface area contributed by atoms with Gasteiger partial charge in [0.15, 0.2) is 0 Å². The predicted molar refractivity (Wildman–Crippen MR) is 96.5 cm³/mol. The van der Waals surface area contributed by atoms with Crippen molar-refractivity contribution < 1.29 is 14.6 Å². The highest BCUT2D eigenvalue weighted by molar-refractivity contribution is 5.86. The number of para-hydroxylation sites is 1. The summed E-state index contributed by atoms with van der Waals surface area (Å²) in [6.07, 6.45) is 0.201. The lowest BCUT2D eigenvalue weighted by Crippen LogP contribution is -2.44. The fourth-order valence-corrected chi connectivity index (χ4v) is 3.94. The second kappa shape index (κ2) is 5.02. The maximum atomic E-state index is 13.0. The molecule has 130 valence electrons. The van der Waals surface area contributed by atoms with E-state index in [-0.39, 0.29) is 18.6 Å². The van der Waals surface area contributed by atoms with Gasteiger partial charge in [0.1, 0.15) is 0 Å². The Hall–Kier alpha value is -2.99. The lowest BCUT2D eigenvalue weighted by atomic mass is 9.86. The Morgan fingerprint density at radius 1 is 1.35 bits per heavy atom. The molecule has 2 aliphatic rings. The van der Waals surface area contributed by atoms with Crippen LogP contribution in [0.3, 0.4) is 0 Å². The lowest BCUT2D eigenvalue weighted by Gasteiger charge is -2.26. The van der Waals surface area contributed by atoms with Crippen LogP contribution in [0.4, 0.5) is 0 Å². The number of rotatable bonds is 1. The van der Waals surface area contributed by atoms with Crippen molar-refractivity contribution in [3.05, 3.63) is 63.4 Å². The van der Waals surface area contributed by atoms with Crippen molar-refractivity contribution in [2.45, 2.75) is 32.1 Å². The topological polar surface area (TPSA) is 85.8 Å². The van der Waals surface area contributed by atoms with Crippen LogP contribution in [0, 0.1) is 0 Å². The van der Waals surface area contributed by atoms with E-state index in [1.807, 2.05) is 24.3 Å². The molecule has 0 radical (unpaired) electrons. The van der Waals surface area contributed by atoms with Gasteiger partial charge in [0.05, 0.1) is 29.0 Å². The Morgan fingerprint density at radius 2 is 2.15 bits per heavy atom. The second-order valence-electron chi connectivity index (χ2n) is 6.81. The molecule has 26 heavy (non-hydrogen) atoms. The standard InChI is InChI=1S/C20H16N2O4/c1-2-20(25)14-8-16-17-12(7-11-5-3-4-6-15(11)21-17)9-22(16)18(23)13(14)10-26-19(20)24/h3-8,25H,2,9-10H2,1H3/p+1/t20-/m0/s1. The second-order valence-corrected chi connectivity index (χ2v) is 6.81. The molecule has 0 fully saturated rings. The SMILES string of the molecule is CC[C@@]1(O)C(=[OH+])OCc2c1cc1n(c2=O)Cc2cc3ccccc3nc2-1. The molecule has 2 N–H and O–H groups in total. The number of hydrogen-bond acceptors (Lipinski definition) is 4. The first-order valence-corrected chi connectivity index (χ1v) is 8.60. The Balaban J connectivity index is 1.81. The van der Waals surface area contributed by atoms with Gasteiger partial charge in [0, 0.05) is 16.5 Å². The summed E-state index contributed by atoms with van der Waals surface area (Å²) in [5, 5.41) is 11.9. The number of fused-ring (bicyclic) bond motifs is 5. The molecule has 0 amide bonds. The molecule has 0 unspecified atom stereocenters. The monoisotopic (exact) mass is 349 g/mol. The minimum absolute atomic E-state index is 0.0473. The highest BCUT2D eigenvalue weighted by Crippen LogP contribution is 2.38. The first-order valence-electron chi connectivity index (χ1n) is 8.60. The number of ether oxygens (including phenoxy) is 1. The molecule has 4 heterocycles. The van der Waals surface area contributed by atoms with Crippen LogP contribution < -0.4 is 5.56 Å². The van der Waals surface area contributed by atoms with Crippen LogP contribution in [-0.2, 0) is 23.5 Å². The highest BCUT2D eigenvalue weighted by atomic mass is 16.6. The molecule has 0 spiro atoms. The summed E-state index contributed by atoms with van der Waals surface area (Å²) in [6.45, 7) is 2.13. The number of carbonyl (C=O) groups excluding carboxylic acids is 1. The molecule has 0 bridgehead atoms. The summed E-state index contributed by atoms with van der Waals surface area (Å²) in [5.41, 5.74) is 2.13. The molecule has 3 aromatic rings. The van der Waals surface area contributed by atoms with Gasteiger partial charge in [-0.3, -0.25) is 4.79 Å². The average molecular weight is 349 g/mol. The van der Waals surface area contributed by atoms with E-state index in [0.717, 1.165) is 22.2 Å². The third-order valence-electron chi connectivity index (χ3n) is 5.44. The zero-order valence-corrected chi connectivity index (χ0v) is 14.2. The van der Waals surface area contributed by atoms with Gasteiger partial charge in [-0.1, -0.05) is 25.1 Å². The van der Waals surface area contributed by atoms with Crippen molar-refractivity contribution in [2.75, 3.05) is 0 Å². The van der Waals surface area contributed by atoms with Crippen LogP contribution in [0.1, 0.15) is 30.0 Å². The van der Waals surface area contributed by atoms with Gasteiger partial charge in [-0.05, 0) is 24.6 Å². The predicted octanol–water partition coefficient (Wildman–Crippen LogP) is 2.06. The fourth-order valence-electron chi connectivity index (χ4n) is 3.94. The summed E-state index contributed by atoms with van der Waals surface area (Å²) in [7, 11) is 0. The first-order chi connectivity index (χ1) is 12.5. The normalized spacial score (nSPS) is 20.5. The van der Waals surface area contributed by atoms with Gasteiger partial charge in [-0.2, -0.15) is 0 Å². The number of cyclic esters (lactones) is 1. The molecular formula is C20H17N2O4+. The van der Waals surface area contributed by atoms with Gasteiger partial charge in [0.2, 0.25) is 12.2 Å². The minimum atomic E-state index is -1.68. The molecule has 1 aromatic carbocycles. The van der Waals surface area contributed by atoms with E-state index in [0.29, 0.717) is 23.4 Å². The molecule has 0 saturated carbocycles. The number of esters is 1. The first kappa shape index (κ1) is 15.3. The Morgan fingerprint density at radius 3 is 2.96 bits per heavy atom. The summed E-state index contributed by atoms with van der Waals surface area (Å²) in [4.78, 5) is 27.8. The van der Waals surface area contributed by atoms with Crippen LogP contribution in [0.15, 0.2) is 41.2 Å². The molecule has 0 saturated heterocycles. The molecular weight excluding hydrogens is 332 g/mol. The van der Waals surface area contributed by atoms with Crippen LogP contribution >= 0.6 is 0 Å². The number of benzene rings is 1. The molecule has 1 atom stereocenters. The van der Waals surface area contributed by atoms with Crippen molar-refractivity contribution in [1.29, 1.82) is 0 Å². The minimum Gasteiger partial charge on any atom is -0.370 e. The molecule has 6 nitrogen and oxygen atoms in total. The molecule has 0 aliphatic carbocycles. The van der Waals surface area contributed by atoms with Gasteiger partial charge < -0.3 is 19.2 Å². The van der Waals surface area contributed by atoms with E-state index in [9.17, 15) is 14.7 Å². The average Bonchev–Trinajstić information content (AvgIpc) is 3.01. The van der Waals surface area contributed by atoms with Gasteiger partial charge in [-0.15, -0.1) is 0 Å². The molecule has 5 rings (SSSR count). The molecule has 6 heteroatoms. The Kier molecular flexibility index (Phi) is 2.95. The third kappa shape index (κ3) is 1.82. The molecule has 2 aromatic heterocycles. The quantitative estimate of drug-likeness (QED) is 0.421. The van der Waals surface area contributed by atoms with Crippen molar-refractivity contribution in [3.63, 3.8) is 0 Å². The summed E-state index contributed by atoms with van der Waals surface area (Å²) >= 11 is 0. The smallest absolute Gasteiger partial charge is 0.370 e. The van der Waals surface area contributed by atoms with Gasteiger partial charge in [0.25, 0.3) is 5.56 Å². The van der Waals surface area contributed by atoms with Crippen molar-refractivity contribution in [2.24, 2.45) is 0 Å². The lowest BCUT2D eigenvalue weighted by molar-refractivity contribution is 0.0397. The van der Waals surface area contributed by atoms with Crippen LogP contribution in [-0.4, -0.2) is 25.4 Å². The zero-order chi connectivity index (χ0) is 18.1. The number of aromatic nitrogens is 2. The van der Waals surface area contributed by atoms with Crippen LogP contribution in [0.25, 0.3) is 22.3 Å². The van der Waals surface area contributed by atoms with Gasteiger partial charge >= 0.3 is 5.97 Å². The zero-order valence-electron chi connectivity index (χ0n) is 14.2. The Bertz CT molecular complexity index is 1160. The van der Waals surface area contributed by atoms with E-state index < -0.39 is 11.6 Å². The van der Waals surface area contributed by atoms with Crippen molar-refractivity contribution in [3.8, 4) is 11.4 Å². The number of aliphatic hydroxyl groups is 1. The van der Waals surface area contributed by atoms with Crippen molar-refractivity contribution in [1.82, 2.24) is 9.55 Å². The highest BCUT2D eigenvalue weighted by Gasteiger charge is 2.51. The van der Waals surface area contributed by atoms with E-state index >= 15 is 0 Å². The summed E-state index contributed by atoms with van der Waals surface area (Å²) < 4.78 is 6.85. The third-order valence-corrected chi connectivity index (χ3v) is 5.44. The number of hydrogen-bond donors (Lipinski definition) is 1. The number of nitrogens with zero attached hydrogens (tertiary/aromatic N) is 2. The maximum absolute atomic E-state index is 13.0. The molecule has 2 aliphatic heterocycles. The van der Waals surface area contributed by atoms with Gasteiger partial charge in [-0.25, -0.2) is 4.98 Å². The van der Waals surface area contributed by atoms with E-state index in [1.165, 1.54) is 0 Å². The van der Waals surface area contributed by atoms with E-state index in [2.05, 4.69) is 6.07 Å². The fraction of sp³-hybridized carbons (Fsp3) is 0.250. The van der Waals surface area contributed by atoms with Crippen LogP contribution in [0.5, 0.6) is 0 Å². The van der Waals surface area contributed by atoms with Crippen LogP contribution in [0.2, 0.25) is 0 Å². The summed E-state index contributed by atoms with van der Waals surface area (Å²) in [6, 6.07) is 11.6. The van der Waals surface area contributed by atoms with E-state index in [4.69, 9.17) is 9.72 Å².